The molecular formula is C16H14N2O7S. The van der Waals surface area contributed by atoms with Gasteiger partial charge in [-0.25, -0.2) is 17.9 Å². The molecule has 0 spiro atoms. The summed E-state index contributed by atoms with van der Waals surface area (Å²) in [6.07, 6.45) is 0. The number of hydrogen-bond acceptors (Lipinski definition) is 7. The molecule has 0 aliphatic carbocycles. The molecule has 0 aliphatic rings. The Hall–Kier alpha value is -3.27. The Labute approximate surface area is 148 Å². The summed E-state index contributed by atoms with van der Waals surface area (Å²) in [5, 5.41) is 10.6. The Morgan fingerprint density at radius 2 is 1.73 bits per heavy atom. The van der Waals surface area contributed by atoms with Crippen molar-refractivity contribution in [3.05, 3.63) is 75.3 Å². The summed E-state index contributed by atoms with van der Waals surface area (Å²) in [4.78, 5) is 33.6. The molecule has 0 fully saturated rings. The van der Waals surface area contributed by atoms with Crippen LogP contribution in [0.4, 0.5) is 5.69 Å². The number of nitro groups is 1. The highest BCUT2D eigenvalue weighted by molar-refractivity contribution is 7.89. The second-order valence-corrected chi connectivity index (χ2v) is 6.91. The van der Waals surface area contributed by atoms with E-state index >= 15 is 0 Å². The van der Waals surface area contributed by atoms with Gasteiger partial charge in [0.15, 0.2) is 0 Å². The van der Waals surface area contributed by atoms with Crippen molar-refractivity contribution in [3.63, 3.8) is 0 Å². The van der Waals surface area contributed by atoms with E-state index in [0.29, 0.717) is 0 Å². The maximum absolute atomic E-state index is 12.1. The zero-order chi connectivity index (χ0) is 19.3. The van der Waals surface area contributed by atoms with Crippen LogP contribution in [-0.4, -0.2) is 32.3 Å². The topological polar surface area (TPSA) is 133 Å². The van der Waals surface area contributed by atoms with E-state index in [1.165, 1.54) is 55.6 Å². The van der Waals surface area contributed by atoms with Crippen LogP contribution in [-0.2, 0) is 20.5 Å². The number of nitrogens with one attached hydrogen (secondary N) is 1. The van der Waals surface area contributed by atoms with E-state index in [2.05, 4.69) is 4.74 Å². The molecule has 26 heavy (non-hydrogen) atoms. The third-order valence-corrected chi connectivity index (χ3v) is 4.51. The summed E-state index contributed by atoms with van der Waals surface area (Å²) >= 11 is 0. The minimum atomic E-state index is -4.04. The lowest BCUT2D eigenvalue weighted by atomic mass is 10.1. The number of amides is 1. The average Bonchev–Trinajstić information content (AvgIpc) is 2.60. The Morgan fingerprint density at radius 3 is 2.31 bits per heavy atom. The number of benzene rings is 2. The van der Waals surface area contributed by atoms with Gasteiger partial charge in [0.05, 0.1) is 23.3 Å². The fraction of sp³-hybridized carbons (Fsp3) is 0.125. The predicted octanol–water partition coefficient (Wildman–Crippen LogP) is 1.64. The molecule has 0 bridgehead atoms. The van der Waals surface area contributed by atoms with Gasteiger partial charge in [0, 0.05) is 17.7 Å². The number of sulfonamides is 1. The molecule has 9 nitrogen and oxygen atoms in total. The quantitative estimate of drug-likeness (QED) is 0.459. The molecule has 0 atom stereocenters. The van der Waals surface area contributed by atoms with E-state index in [1.807, 2.05) is 4.72 Å². The number of nitro benzene ring substituents is 1. The van der Waals surface area contributed by atoms with Crippen LogP contribution < -0.4 is 4.72 Å². The largest absolute Gasteiger partial charge is 0.465 e. The lowest BCUT2D eigenvalue weighted by molar-refractivity contribution is -0.384. The summed E-state index contributed by atoms with van der Waals surface area (Å²) < 4.78 is 30.7. The Kier molecular flexibility index (Phi) is 5.68. The molecule has 0 heterocycles. The molecule has 0 unspecified atom stereocenters. The Balaban J connectivity index is 2.12. The highest BCUT2D eigenvalue weighted by Crippen LogP contribution is 2.14. The molecule has 1 N–H and O–H groups in total. The molecule has 0 aliphatic heterocycles. The van der Waals surface area contributed by atoms with E-state index in [0.717, 1.165) is 0 Å². The van der Waals surface area contributed by atoms with E-state index in [9.17, 15) is 28.1 Å². The molecule has 136 valence electrons. The van der Waals surface area contributed by atoms with Crippen molar-refractivity contribution >= 4 is 27.6 Å². The van der Waals surface area contributed by atoms with Gasteiger partial charge in [-0.15, -0.1) is 0 Å². The lowest BCUT2D eigenvalue weighted by Crippen LogP contribution is -2.31. The summed E-state index contributed by atoms with van der Waals surface area (Å²) in [6, 6.07) is 10.3. The fourth-order valence-electron chi connectivity index (χ4n) is 2.07. The van der Waals surface area contributed by atoms with Crippen LogP contribution in [0.25, 0.3) is 0 Å². The second-order valence-electron chi connectivity index (χ2n) is 5.19. The van der Waals surface area contributed by atoms with Crippen molar-refractivity contribution in [1.29, 1.82) is 0 Å². The van der Waals surface area contributed by atoms with Gasteiger partial charge in [0.1, 0.15) is 0 Å². The molecule has 0 saturated heterocycles. The molecule has 0 saturated carbocycles. The third-order valence-electron chi connectivity index (χ3n) is 3.30. The highest BCUT2D eigenvalue weighted by Gasteiger charge is 2.18. The number of non-ortho nitro benzene ring substituents is 1. The zero-order valence-corrected chi connectivity index (χ0v) is 14.4. The monoisotopic (exact) mass is 378 g/mol. The number of carbonyl (C=O) groups is 2. The minimum absolute atomic E-state index is 0.0276. The SMILES string of the molecule is COC(=O)c1cccc(C(=O)NS(=O)(=O)Cc2ccc([N+](=O)[O-])cc2)c1. The lowest BCUT2D eigenvalue weighted by Gasteiger charge is -2.08. The highest BCUT2D eigenvalue weighted by atomic mass is 32.2. The molecule has 10 heteroatoms. The van der Waals surface area contributed by atoms with Crippen LogP contribution in [0, 0.1) is 10.1 Å². The first-order valence-electron chi connectivity index (χ1n) is 7.18. The summed E-state index contributed by atoms with van der Waals surface area (Å²) in [6.45, 7) is 0. The normalized spacial score (nSPS) is 10.8. The molecular weight excluding hydrogens is 364 g/mol. The molecule has 2 aromatic rings. The summed E-state index contributed by atoms with van der Waals surface area (Å²) in [5.74, 6) is -2.10. The van der Waals surface area contributed by atoms with Crippen LogP contribution in [0.3, 0.4) is 0 Å². The van der Waals surface area contributed by atoms with Gasteiger partial charge in [-0.05, 0) is 23.8 Å². The van der Waals surface area contributed by atoms with Gasteiger partial charge in [-0.3, -0.25) is 14.9 Å². The molecule has 2 aromatic carbocycles. The first kappa shape index (κ1) is 19.1. The fourth-order valence-corrected chi connectivity index (χ4v) is 3.18. The van der Waals surface area contributed by atoms with Gasteiger partial charge >= 0.3 is 5.97 Å². The van der Waals surface area contributed by atoms with Crippen LogP contribution in [0.15, 0.2) is 48.5 Å². The van der Waals surface area contributed by atoms with Gasteiger partial charge in [-0.2, -0.15) is 0 Å². The van der Waals surface area contributed by atoms with Gasteiger partial charge < -0.3 is 4.74 Å². The number of ether oxygens (including phenoxy) is 1. The van der Waals surface area contributed by atoms with Crippen LogP contribution in [0.2, 0.25) is 0 Å². The standard InChI is InChI=1S/C16H14N2O7S/c1-25-16(20)13-4-2-3-12(9-13)15(19)17-26(23,24)10-11-5-7-14(8-6-11)18(21)22/h2-9H,10H2,1H3,(H,17,19). The first-order chi connectivity index (χ1) is 12.2. The molecule has 0 radical (unpaired) electrons. The smallest absolute Gasteiger partial charge is 0.337 e. The van der Waals surface area contributed by atoms with Gasteiger partial charge in [-0.1, -0.05) is 18.2 Å². The second kappa shape index (κ2) is 7.74. The number of esters is 1. The van der Waals surface area contributed by atoms with Crippen LogP contribution in [0.5, 0.6) is 0 Å². The molecule has 0 aromatic heterocycles. The number of hydrogen-bond donors (Lipinski definition) is 1. The number of rotatable bonds is 6. The number of nitrogens with zero attached hydrogens (tertiary/aromatic N) is 1. The van der Waals surface area contributed by atoms with E-state index < -0.39 is 32.6 Å². The maximum Gasteiger partial charge on any atom is 0.337 e. The van der Waals surface area contributed by atoms with E-state index in [1.54, 1.807) is 0 Å². The number of carbonyl (C=O) groups excluding carboxylic acids is 2. The molecule has 1 amide bonds. The van der Waals surface area contributed by atoms with Crippen LogP contribution >= 0.6 is 0 Å². The summed E-state index contributed by atoms with van der Waals surface area (Å²) in [5.41, 5.74) is 0.183. The maximum atomic E-state index is 12.1. The predicted molar refractivity (Wildman–Crippen MR) is 91.0 cm³/mol. The van der Waals surface area contributed by atoms with E-state index in [4.69, 9.17) is 0 Å². The Bertz CT molecular complexity index is 953. The average molecular weight is 378 g/mol. The number of methoxy groups -OCH3 is 1. The summed E-state index contributed by atoms with van der Waals surface area (Å²) in [7, 11) is -2.86. The zero-order valence-electron chi connectivity index (χ0n) is 13.5. The van der Waals surface area contributed by atoms with Crippen molar-refractivity contribution in [1.82, 2.24) is 4.72 Å². The molecule has 2 rings (SSSR count). The van der Waals surface area contributed by atoms with Crippen molar-refractivity contribution in [2.45, 2.75) is 5.75 Å². The van der Waals surface area contributed by atoms with E-state index in [-0.39, 0.29) is 22.4 Å². The van der Waals surface area contributed by atoms with Crippen molar-refractivity contribution in [2.75, 3.05) is 7.11 Å². The third kappa shape index (κ3) is 4.86. The van der Waals surface area contributed by atoms with Gasteiger partial charge in [0.2, 0.25) is 10.0 Å². The first-order valence-corrected chi connectivity index (χ1v) is 8.83. The van der Waals surface area contributed by atoms with Crippen molar-refractivity contribution in [3.8, 4) is 0 Å². The van der Waals surface area contributed by atoms with Gasteiger partial charge in [0.25, 0.3) is 11.6 Å². The van der Waals surface area contributed by atoms with Crippen molar-refractivity contribution < 1.29 is 27.7 Å². The van der Waals surface area contributed by atoms with Crippen LogP contribution in [0.1, 0.15) is 26.3 Å². The Morgan fingerprint density at radius 1 is 1.12 bits per heavy atom. The van der Waals surface area contributed by atoms with Crippen molar-refractivity contribution in [2.24, 2.45) is 0 Å². The minimum Gasteiger partial charge on any atom is -0.465 e.